The van der Waals surface area contributed by atoms with E-state index in [9.17, 15) is 9.59 Å². The Labute approximate surface area is 268 Å². The number of benzene rings is 2. The van der Waals surface area contributed by atoms with Crippen LogP contribution in [0, 0.1) is 17.8 Å². The maximum atomic E-state index is 13.4. The van der Waals surface area contributed by atoms with E-state index in [4.69, 9.17) is 33.2 Å². The van der Waals surface area contributed by atoms with Gasteiger partial charge in [0.05, 0.1) is 47.5 Å². The van der Waals surface area contributed by atoms with Gasteiger partial charge in [0.2, 0.25) is 5.75 Å². The number of aromatic nitrogens is 1. The number of methoxy groups -OCH3 is 6. The minimum atomic E-state index is -0.645. The maximum Gasteiger partial charge on any atom is 0.331 e. The van der Waals surface area contributed by atoms with E-state index in [2.05, 4.69) is 16.0 Å². The number of carbonyl (C=O) groups excluding carboxylic acids is 2. The predicted molar refractivity (Wildman–Crippen MR) is 170 cm³/mol. The fourth-order valence-corrected chi connectivity index (χ4v) is 7.91. The van der Waals surface area contributed by atoms with Crippen molar-refractivity contribution in [2.24, 2.45) is 17.8 Å². The van der Waals surface area contributed by atoms with Gasteiger partial charge in [0, 0.05) is 48.9 Å². The highest BCUT2D eigenvalue weighted by molar-refractivity contribution is 5.88. The van der Waals surface area contributed by atoms with E-state index < -0.39 is 24.1 Å². The van der Waals surface area contributed by atoms with Crippen LogP contribution in [-0.2, 0) is 30.2 Å². The first-order valence-corrected chi connectivity index (χ1v) is 15.6. The molecule has 3 aromatic rings. The summed E-state index contributed by atoms with van der Waals surface area (Å²) >= 11 is 0. The number of fused-ring (bicyclic) bond motifs is 6. The molecule has 1 saturated heterocycles. The number of hydrogen-bond acceptors (Lipinski definition) is 10. The molecule has 0 unspecified atom stereocenters. The number of esters is 2. The first kappa shape index (κ1) is 31.7. The molecule has 11 nitrogen and oxygen atoms in total. The summed E-state index contributed by atoms with van der Waals surface area (Å²) in [5, 5.41) is 1.21. The molecule has 1 N–H and O–H groups in total. The molecule has 0 amide bonds. The van der Waals surface area contributed by atoms with Crippen molar-refractivity contribution in [3.63, 3.8) is 0 Å². The quantitative estimate of drug-likeness (QED) is 0.265. The summed E-state index contributed by atoms with van der Waals surface area (Å²) < 4.78 is 39.0. The van der Waals surface area contributed by atoms with Crippen LogP contribution < -0.4 is 18.9 Å². The van der Waals surface area contributed by atoms with Crippen molar-refractivity contribution in [1.82, 2.24) is 9.88 Å². The minimum Gasteiger partial charge on any atom is -0.497 e. The van der Waals surface area contributed by atoms with Crippen LogP contribution in [0.15, 0.2) is 36.4 Å². The monoisotopic (exact) mass is 634 g/mol. The van der Waals surface area contributed by atoms with Gasteiger partial charge in [-0.2, -0.15) is 0 Å². The normalized spacial score (nSPS) is 25.7. The number of aromatic amines is 1. The number of carbonyl (C=O) groups is 2. The van der Waals surface area contributed by atoms with Crippen LogP contribution in [0.3, 0.4) is 0 Å². The summed E-state index contributed by atoms with van der Waals surface area (Å²) in [7, 11) is 9.24. The van der Waals surface area contributed by atoms with Gasteiger partial charge in [-0.15, -0.1) is 0 Å². The molecule has 0 spiro atoms. The van der Waals surface area contributed by atoms with Gasteiger partial charge in [0.25, 0.3) is 0 Å². The summed E-state index contributed by atoms with van der Waals surface area (Å²) in [5.41, 5.74) is 4.26. The van der Waals surface area contributed by atoms with Crippen molar-refractivity contribution in [2.75, 3.05) is 55.7 Å². The third kappa shape index (κ3) is 5.66. The second-order valence-electron chi connectivity index (χ2n) is 12.1. The second kappa shape index (κ2) is 13.3. The first-order valence-electron chi connectivity index (χ1n) is 15.6. The SMILES string of the molecule is COC(=O)[C@@H]1[C@@H]2C[C@H]3c4[nH]c5cc(OC)ccc5c4CCN3C[C@H]2C[C@@H](OC(=O)/C=C/c2cc(OC)c(OC)c(OC)c2)[C@@H]1OC. The number of nitrogens with zero attached hydrogens (tertiary/aromatic N) is 1. The molecule has 1 aromatic heterocycles. The molecule has 0 bridgehead atoms. The molecule has 3 heterocycles. The zero-order valence-corrected chi connectivity index (χ0v) is 27.2. The van der Waals surface area contributed by atoms with Crippen LogP contribution in [0.5, 0.6) is 23.0 Å². The summed E-state index contributed by atoms with van der Waals surface area (Å²) in [6, 6.07) is 9.78. The van der Waals surface area contributed by atoms with E-state index >= 15 is 0 Å². The lowest BCUT2D eigenvalue weighted by atomic mass is 9.63. The molecule has 46 heavy (non-hydrogen) atoms. The van der Waals surface area contributed by atoms with E-state index in [0.717, 1.165) is 37.2 Å². The van der Waals surface area contributed by atoms with Gasteiger partial charge in [-0.3, -0.25) is 9.69 Å². The number of H-pyrrole nitrogens is 1. The molecule has 2 aromatic carbocycles. The Kier molecular flexibility index (Phi) is 9.15. The zero-order valence-electron chi connectivity index (χ0n) is 27.2. The standard InChI is InChI=1S/C35H42N2O9/c1-40-21-8-9-22-23-11-12-37-18-20-15-29(46-30(38)10-7-19-13-27(41-2)33(43-4)28(14-19)42-3)34(44-5)31(35(39)45-6)24(20)17-26(37)32(23)36-25(22)16-21/h7-10,13-14,16,20,24,26,29,31,34,36H,11-12,15,17-18H2,1-6H3/b10-7+/t20-,24-,26+,29-,31-,34+/m1/s1. The van der Waals surface area contributed by atoms with Gasteiger partial charge in [-0.05, 0) is 72.6 Å². The number of hydrogen-bond donors (Lipinski definition) is 1. The van der Waals surface area contributed by atoms with Crippen LogP contribution in [0.1, 0.15) is 35.7 Å². The van der Waals surface area contributed by atoms with Crippen LogP contribution in [-0.4, -0.2) is 89.8 Å². The van der Waals surface area contributed by atoms with E-state index in [1.54, 1.807) is 32.4 Å². The van der Waals surface area contributed by atoms with E-state index in [1.807, 2.05) is 12.1 Å². The fraction of sp³-hybridized carbons (Fsp3) is 0.486. The van der Waals surface area contributed by atoms with Gasteiger partial charge >= 0.3 is 11.9 Å². The van der Waals surface area contributed by atoms with Crippen molar-refractivity contribution >= 4 is 28.9 Å². The Balaban J connectivity index is 1.23. The van der Waals surface area contributed by atoms with Gasteiger partial charge < -0.3 is 38.1 Å². The Morgan fingerprint density at radius 1 is 0.935 bits per heavy atom. The van der Waals surface area contributed by atoms with E-state index in [0.29, 0.717) is 29.2 Å². The number of nitrogens with one attached hydrogen (secondary N) is 1. The van der Waals surface area contributed by atoms with Gasteiger partial charge in [0.1, 0.15) is 18.0 Å². The zero-order chi connectivity index (χ0) is 32.5. The molecule has 0 radical (unpaired) electrons. The largest absolute Gasteiger partial charge is 0.497 e. The molecular weight excluding hydrogens is 592 g/mol. The molecular formula is C35H42N2O9. The van der Waals surface area contributed by atoms with Crippen LogP contribution in [0.2, 0.25) is 0 Å². The van der Waals surface area contributed by atoms with Crippen molar-refractivity contribution in [1.29, 1.82) is 0 Å². The average molecular weight is 635 g/mol. The Morgan fingerprint density at radius 3 is 2.35 bits per heavy atom. The van der Waals surface area contributed by atoms with Crippen LogP contribution in [0.4, 0.5) is 0 Å². The number of ether oxygens (including phenoxy) is 7. The minimum absolute atomic E-state index is 0.00438. The molecule has 2 fully saturated rings. The van der Waals surface area contributed by atoms with E-state index in [1.165, 1.54) is 51.2 Å². The Hall–Kier alpha value is -4.22. The molecule has 6 rings (SSSR count). The fourth-order valence-electron chi connectivity index (χ4n) is 7.91. The number of rotatable bonds is 9. The van der Waals surface area contributed by atoms with Crippen molar-refractivity contribution in [2.45, 2.75) is 37.5 Å². The summed E-state index contributed by atoms with van der Waals surface area (Å²) in [4.78, 5) is 32.8. The van der Waals surface area contributed by atoms with Crippen molar-refractivity contribution < 1.29 is 42.7 Å². The van der Waals surface area contributed by atoms with Gasteiger partial charge in [-0.25, -0.2) is 4.79 Å². The Morgan fingerprint density at radius 2 is 1.70 bits per heavy atom. The highest BCUT2D eigenvalue weighted by Crippen LogP contribution is 2.50. The maximum absolute atomic E-state index is 13.4. The third-order valence-electron chi connectivity index (χ3n) is 9.97. The third-order valence-corrected chi connectivity index (χ3v) is 9.97. The summed E-state index contributed by atoms with van der Waals surface area (Å²) in [6.07, 6.45) is 4.01. The molecule has 11 heteroatoms. The molecule has 246 valence electrons. The summed E-state index contributed by atoms with van der Waals surface area (Å²) in [6.45, 7) is 1.70. The highest BCUT2D eigenvalue weighted by Gasteiger charge is 2.54. The van der Waals surface area contributed by atoms with Gasteiger partial charge in [-0.1, -0.05) is 0 Å². The van der Waals surface area contributed by atoms with E-state index in [-0.39, 0.29) is 23.8 Å². The lowest BCUT2D eigenvalue weighted by molar-refractivity contribution is -0.187. The molecule has 1 saturated carbocycles. The average Bonchev–Trinajstić information content (AvgIpc) is 3.46. The molecule has 6 atom stereocenters. The van der Waals surface area contributed by atoms with Crippen LogP contribution in [0.25, 0.3) is 17.0 Å². The topological polar surface area (TPSA) is 118 Å². The van der Waals surface area contributed by atoms with Crippen LogP contribution >= 0.6 is 0 Å². The highest BCUT2D eigenvalue weighted by atomic mass is 16.6. The Bertz CT molecular complexity index is 1610. The molecule has 2 aliphatic heterocycles. The second-order valence-corrected chi connectivity index (χ2v) is 12.1. The predicted octanol–water partition coefficient (Wildman–Crippen LogP) is 4.57. The first-order chi connectivity index (χ1) is 22.3. The smallest absolute Gasteiger partial charge is 0.331 e. The lowest BCUT2D eigenvalue weighted by Crippen LogP contribution is -2.58. The number of piperidine rings is 1. The van der Waals surface area contributed by atoms with Gasteiger partial charge in [0.15, 0.2) is 11.5 Å². The molecule has 1 aliphatic carbocycles. The van der Waals surface area contributed by atoms with Crippen molar-refractivity contribution in [3.05, 3.63) is 53.2 Å². The van der Waals surface area contributed by atoms with Crippen molar-refractivity contribution in [3.8, 4) is 23.0 Å². The lowest BCUT2D eigenvalue weighted by Gasteiger charge is -2.52. The summed E-state index contributed by atoms with van der Waals surface area (Å²) in [5.74, 6) is 0.873. The molecule has 3 aliphatic rings.